The van der Waals surface area contributed by atoms with E-state index in [9.17, 15) is 13.2 Å². The number of halogens is 3. The van der Waals surface area contributed by atoms with Crippen LogP contribution >= 0.6 is 0 Å². The zero-order chi connectivity index (χ0) is 21.1. The van der Waals surface area contributed by atoms with E-state index in [1.54, 1.807) is 6.20 Å². The molecule has 0 N–H and O–H groups in total. The number of ether oxygens (including phenoxy) is 1. The minimum absolute atomic E-state index is 0.176. The second-order valence-corrected chi connectivity index (χ2v) is 7.57. The summed E-state index contributed by atoms with van der Waals surface area (Å²) in [6.07, 6.45) is 0.203. The number of aromatic nitrogens is 3. The molecule has 2 saturated heterocycles. The van der Waals surface area contributed by atoms with Gasteiger partial charge in [-0.1, -0.05) is 0 Å². The third kappa shape index (κ3) is 4.58. The Morgan fingerprint density at radius 3 is 2.57 bits per heavy atom. The molecule has 0 amide bonds. The first-order valence-corrected chi connectivity index (χ1v) is 10.1. The molecule has 0 saturated carbocycles. The zero-order valence-corrected chi connectivity index (χ0v) is 16.8. The Morgan fingerprint density at radius 1 is 1.07 bits per heavy atom. The molecule has 0 radical (unpaired) electrons. The molecule has 0 bridgehead atoms. The van der Waals surface area contributed by atoms with Crippen LogP contribution in [0.2, 0.25) is 0 Å². The van der Waals surface area contributed by atoms with Gasteiger partial charge in [-0.2, -0.15) is 18.2 Å². The van der Waals surface area contributed by atoms with Crippen LogP contribution < -0.4 is 14.7 Å². The number of alkyl halides is 3. The van der Waals surface area contributed by atoms with E-state index in [1.165, 1.54) is 6.07 Å². The summed E-state index contributed by atoms with van der Waals surface area (Å²) >= 11 is 0. The summed E-state index contributed by atoms with van der Waals surface area (Å²) in [7, 11) is 2.00. The molecule has 2 aliphatic rings. The monoisotopic (exact) mass is 422 g/mol. The molecule has 2 aromatic heterocycles. The largest absolute Gasteiger partial charge is 0.417 e. The molecule has 1 unspecified atom stereocenters. The van der Waals surface area contributed by atoms with Crippen molar-refractivity contribution in [3.63, 3.8) is 0 Å². The van der Waals surface area contributed by atoms with Crippen molar-refractivity contribution in [2.45, 2.75) is 25.1 Å². The van der Waals surface area contributed by atoms with Crippen LogP contribution in [-0.2, 0) is 10.9 Å². The Balaban J connectivity index is 1.45. The highest BCUT2D eigenvalue weighted by molar-refractivity contribution is 5.46. The van der Waals surface area contributed by atoms with Crippen LogP contribution in [0.3, 0.4) is 0 Å². The fourth-order valence-corrected chi connectivity index (χ4v) is 3.86. The van der Waals surface area contributed by atoms with Crippen LogP contribution in [-0.4, -0.2) is 67.4 Å². The van der Waals surface area contributed by atoms with Gasteiger partial charge in [-0.05, 0) is 31.0 Å². The summed E-state index contributed by atoms with van der Waals surface area (Å²) < 4.78 is 43.8. The van der Waals surface area contributed by atoms with E-state index in [1.807, 2.05) is 18.0 Å². The van der Waals surface area contributed by atoms with Crippen molar-refractivity contribution in [1.29, 1.82) is 0 Å². The van der Waals surface area contributed by atoms with Crippen molar-refractivity contribution in [3.8, 4) is 0 Å². The molecule has 7 nitrogen and oxygen atoms in total. The van der Waals surface area contributed by atoms with Gasteiger partial charge < -0.3 is 19.4 Å². The van der Waals surface area contributed by atoms with Gasteiger partial charge in [0.25, 0.3) is 0 Å². The molecule has 0 spiro atoms. The van der Waals surface area contributed by atoms with Crippen LogP contribution in [0.25, 0.3) is 0 Å². The van der Waals surface area contributed by atoms with Gasteiger partial charge in [0.1, 0.15) is 11.6 Å². The van der Waals surface area contributed by atoms with Gasteiger partial charge in [-0.25, -0.2) is 9.97 Å². The number of morpholine rings is 1. The van der Waals surface area contributed by atoms with Crippen molar-refractivity contribution < 1.29 is 17.9 Å². The van der Waals surface area contributed by atoms with E-state index in [0.29, 0.717) is 31.5 Å². The smallest absolute Gasteiger partial charge is 0.378 e. The van der Waals surface area contributed by atoms with Crippen molar-refractivity contribution in [2.75, 3.05) is 61.1 Å². The Bertz CT molecular complexity index is 841. The fraction of sp³-hybridized carbons (Fsp3) is 0.550. The maximum absolute atomic E-state index is 12.8. The predicted molar refractivity (Wildman–Crippen MR) is 108 cm³/mol. The molecule has 4 heterocycles. The number of piperidine rings is 1. The number of likely N-dealkylation sites (N-methyl/N-ethyl adjacent to an activating group) is 1. The van der Waals surface area contributed by atoms with E-state index in [0.717, 1.165) is 50.6 Å². The molecule has 2 aliphatic heterocycles. The zero-order valence-electron chi connectivity index (χ0n) is 16.8. The van der Waals surface area contributed by atoms with E-state index in [2.05, 4.69) is 19.8 Å². The first kappa shape index (κ1) is 20.6. The standard InChI is InChI=1S/C20H25F3N6O/c1-27(18-6-7-24-19(26-18)28-9-11-30-12-10-28)16-3-2-8-29(14-16)17-5-4-15(13-25-17)20(21,22)23/h4-7,13,16H,2-3,8-12,14H2,1H3. The predicted octanol–water partition coefficient (Wildman–Crippen LogP) is 2.83. The third-order valence-corrected chi connectivity index (χ3v) is 5.63. The van der Waals surface area contributed by atoms with Crippen molar-refractivity contribution in [1.82, 2.24) is 15.0 Å². The SMILES string of the molecule is CN(c1ccnc(N2CCOCC2)n1)C1CCCN(c2ccc(C(F)(F)F)cn2)C1. The van der Waals surface area contributed by atoms with Crippen LogP contribution in [0.5, 0.6) is 0 Å². The average molecular weight is 422 g/mol. The number of hydrogen-bond acceptors (Lipinski definition) is 7. The number of nitrogens with zero attached hydrogens (tertiary/aromatic N) is 6. The minimum atomic E-state index is -4.37. The summed E-state index contributed by atoms with van der Waals surface area (Å²) in [6.45, 7) is 4.31. The second kappa shape index (κ2) is 8.63. The molecule has 10 heteroatoms. The first-order valence-electron chi connectivity index (χ1n) is 10.1. The molecule has 2 aromatic rings. The van der Waals surface area contributed by atoms with Crippen molar-refractivity contribution in [2.24, 2.45) is 0 Å². The summed E-state index contributed by atoms with van der Waals surface area (Å²) in [6, 6.07) is 4.61. The second-order valence-electron chi connectivity index (χ2n) is 7.57. The molecule has 2 fully saturated rings. The van der Waals surface area contributed by atoms with Gasteiger partial charge in [-0.15, -0.1) is 0 Å². The maximum atomic E-state index is 12.8. The topological polar surface area (TPSA) is 57.6 Å². The fourth-order valence-electron chi connectivity index (χ4n) is 3.86. The molecular formula is C20H25F3N6O. The van der Waals surface area contributed by atoms with Crippen molar-refractivity contribution in [3.05, 3.63) is 36.2 Å². The summed E-state index contributed by atoms with van der Waals surface area (Å²) in [5.41, 5.74) is -0.728. The van der Waals surface area contributed by atoms with E-state index < -0.39 is 11.7 Å². The number of anilines is 3. The van der Waals surface area contributed by atoms with Gasteiger partial charge >= 0.3 is 6.18 Å². The van der Waals surface area contributed by atoms with Gasteiger partial charge in [-0.3, -0.25) is 0 Å². The maximum Gasteiger partial charge on any atom is 0.417 e. The molecule has 162 valence electrons. The van der Waals surface area contributed by atoms with Crippen LogP contribution in [0.4, 0.5) is 30.8 Å². The highest BCUT2D eigenvalue weighted by Crippen LogP contribution is 2.30. The normalized spacial score (nSPS) is 20.3. The molecule has 0 aromatic carbocycles. The molecule has 1 atom stereocenters. The van der Waals surface area contributed by atoms with Crippen molar-refractivity contribution >= 4 is 17.6 Å². The lowest BCUT2D eigenvalue weighted by Gasteiger charge is -2.39. The minimum Gasteiger partial charge on any atom is -0.378 e. The Morgan fingerprint density at radius 2 is 1.87 bits per heavy atom. The van der Waals surface area contributed by atoms with Gasteiger partial charge in [0.15, 0.2) is 0 Å². The lowest BCUT2D eigenvalue weighted by Crippen LogP contribution is -2.47. The third-order valence-electron chi connectivity index (χ3n) is 5.63. The lowest BCUT2D eigenvalue weighted by molar-refractivity contribution is -0.137. The first-order chi connectivity index (χ1) is 14.4. The number of rotatable bonds is 4. The van der Waals surface area contributed by atoms with E-state index in [4.69, 9.17) is 9.72 Å². The Hall–Kier alpha value is -2.62. The molecular weight excluding hydrogens is 397 g/mol. The highest BCUT2D eigenvalue weighted by Gasteiger charge is 2.31. The average Bonchev–Trinajstić information content (AvgIpc) is 2.79. The van der Waals surface area contributed by atoms with E-state index >= 15 is 0 Å². The van der Waals surface area contributed by atoms with Crippen LogP contribution in [0.1, 0.15) is 18.4 Å². The quantitative estimate of drug-likeness (QED) is 0.751. The molecule has 4 rings (SSSR count). The van der Waals surface area contributed by atoms with Gasteiger partial charge in [0.2, 0.25) is 5.95 Å². The van der Waals surface area contributed by atoms with Gasteiger partial charge in [0.05, 0.1) is 18.8 Å². The molecule has 30 heavy (non-hydrogen) atoms. The summed E-state index contributed by atoms with van der Waals surface area (Å²) in [5.74, 6) is 2.09. The van der Waals surface area contributed by atoms with Gasteiger partial charge in [0, 0.05) is 51.7 Å². The van der Waals surface area contributed by atoms with Crippen LogP contribution in [0, 0.1) is 0 Å². The molecule has 0 aliphatic carbocycles. The number of hydrogen-bond donors (Lipinski definition) is 0. The highest BCUT2D eigenvalue weighted by atomic mass is 19.4. The summed E-state index contributed by atoms with van der Waals surface area (Å²) in [5, 5.41) is 0. The Labute approximate surface area is 173 Å². The number of pyridine rings is 1. The van der Waals surface area contributed by atoms with Crippen LogP contribution in [0.15, 0.2) is 30.6 Å². The van der Waals surface area contributed by atoms with E-state index in [-0.39, 0.29) is 6.04 Å². The summed E-state index contributed by atoms with van der Waals surface area (Å²) in [4.78, 5) is 19.5. The lowest BCUT2D eigenvalue weighted by atomic mass is 10.0. The Kier molecular flexibility index (Phi) is 5.94.